The molecule has 0 bridgehead atoms. The molecule has 0 spiro atoms. The lowest BCUT2D eigenvalue weighted by molar-refractivity contribution is 0.476. The van der Waals surface area contributed by atoms with Gasteiger partial charge in [-0.2, -0.15) is 5.10 Å². The van der Waals surface area contributed by atoms with Crippen molar-refractivity contribution in [3.05, 3.63) is 41.6 Å². The van der Waals surface area contributed by atoms with E-state index in [1.165, 1.54) is 12.1 Å². The van der Waals surface area contributed by atoms with Crippen LogP contribution in [-0.4, -0.2) is 16.3 Å². The van der Waals surface area contributed by atoms with E-state index in [9.17, 15) is 8.78 Å². The molecule has 0 amide bonds. The van der Waals surface area contributed by atoms with Crippen LogP contribution in [0, 0.1) is 11.6 Å². The summed E-state index contributed by atoms with van der Waals surface area (Å²) in [5.41, 5.74) is 2.13. The molecule has 5 heteroatoms. The summed E-state index contributed by atoms with van der Waals surface area (Å²) in [5, 5.41) is 7.57. The van der Waals surface area contributed by atoms with Crippen molar-refractivity contribution in [2.75, 3.05) is 6.54 Å². The number of hydrogen-bond acceptors (Lipinski definition) is 2. The zero-order chi connectivity index (χ0) is 11.8. The highest BCUT2D eigenvalue weighted by Gasteiger charge is 2.13. The van der Waals surface area contributed by atoms with E-state index in [0.717, 1.165) is 31.4 Å². The van der Waals surface area contributed by atoms with Crippen LogP contribution in [-0.2, 0) is 13.1 Å². The Bertz CT molecular complexity index is 519. The number of halogens is 2. The molecule has 2 aromatic rings. The SMILES string of the molecule is Fc1cc(F)cc(-c2cc3n(n2)CCNC3)c1. The van der Waals surface area contributed by atoms with Gasteiger partial charge in [0.25, 0.3) is 0 Å². The van der Waals surface area contributed by atoms with Gasteiger partial charge >= 0.3 is 0 Å². The molecular formula is C12H11F2N3. The van der Waals surface area contributed by atoms with Crippen LogP contribution in [0.1, 0.15) is 5.69 Å². The van der Waals surface area contributed by atoms with Crippen molar-refractivity contribution in [3.63, 3.8) is 0 Å². The van der Waals surface area contributed by atoms with Crippen LogP contribution < -0.4 is 5.32 Å². The maximum atomic E-state index is 13.1. The van der Waals surface area contributed by atoms with E-state index in [2.05, 4.69) is 10.4 Å². The average Bonchev–Trinajstić information content (AvgIpc) is 2.71. The van der Waals surface area contributed by atoms with Gasteiger partial charge in [0.1, 0.15) is 11.6 Å². The summed E-state index contributed by atoms with van der Waals surface area (Å²) in [7, 11) is 0. The molecule has 0 fully saturated rings. The van der Waals surface area contributed by atoms with Gasteiger partial charge in [-0.05, 0) is 18.2 Å². The van der Waals surface area contributed by atoms with Crippen LogP contribution in [0.25, 0.3) is 11.3 Å². The molecule has 0 radical (unpaired) electrons. The van der Waals surface area contributed by atoms with Crippen LogP contribution in [0.15, 0.2) is 24.3 Å². The van der Waals surface area contributed by atoms with Gasteiger partial charge in [0.2, 0.25) is 0 Å². The van der Waals surface area contributed by atoms with Gasteiger partial charge in [-0.1, -0.05) is 0 Å². The second kappa shape index (κ2) is 3.92. The maximum Gasteiger partial charge on any atom is 0.126 e. The minimum atomic E-state index is -0.580. The Morgan fingerprint density at radius 2 is 1.88 bits per heavy atom. The molecule has 0 aliphatic carbocycles. The van der Waals surface area contributed by atoms with Crippen LogP contribution in [0.4, 0.5) is 8.78 Å². The molecular weight excluding hydrogens is 224 g/mol. The van der Waals surface area contributed by atoms with Gasteiger partial charge in [-0.3, -0.25) is 4.68 Å². The van der Waals surface area contributed by atoms with E-state index >= 15 is 0 Å². The van der Waals surface area contributed by atoms with Crippen molar-refractivity contribution >= 4 is 0 Å². The topological polar surface area (TPSA) is 29.9 Å². The molecule has 1 aromatic carbocycles. The van der Waals surface area contributed by atoms with Gasteiger partial charge in [0.15, 0.2) is 0 Å². The van der Waals surface area contributed by atoms with Crippen LogP contribution in [0.5, 0.6) is 0 Å². The first kappa shape index (κ1) is 10.4. The van der Waals surface area contributed by atoms with E-state index in [1.54, 1.807) is 0 Å². The summed E-state index contributed by atoms with van der Waals surface area (Å²) in [6.45, 7) is 2.39. The third-order valence-corrected chi connectivity index (χ3v) is 2.83. The third-order valence-electron chi connectivity index (χ3n) is 2.83. The third kappa shape index (κ3) is 1.93. The molecule has 0 saturated heterocycles. The Balaban J connectivity index is 2.05. The van der Waals surface area contributed by atoms with E-state index in [4.69, 9.17) is 0 Å². The van der Waals surface area contributed by atoms with Gasteiger partial charge in [-0.25, -0.2) is 8.78 Å². The predicted molar refractivity (Wildman–Crippen MR) is 59.3 cm³/mol. The number of rotatable bonds is 1. The van der Waals surface area contributed by atoms with E-state index in [-0.39, 0.29) is 0 Å². The highest BCUT2D eigenvalue weighted by molar-refractivity contribution is 5.59. The van der Waals surface area contributed by atoms with Crippen molar-refractivity contribution in [1.82, 2.24) is 15.1 Å². The predicted octanol–water partition coefficient (Wildman–Crippen LogP) is 1.93. The fourth-order valence-electron chi connectivity index (χ4n) is 2.04. The molecule has 1 aliphatic heterocycles. The summed E-state index contributed by atoms with van der Waals surface area (Å²) in [6, 6.07) is 5.32. The summed E-state index contributed by atoms with van der Waals surface area (Å²) >= 11 is 0. The Morgan fingerprint density at radius 3 is 2.59 bits per heavy atom. The van der Waals surface area contributed by atoms with Crippen molar-refractivity contribution in [3.8, 4) is 11.3 Å². The highest BCUT2D eigenvalue weighted by Crippen LogP contribution is 2.22. The largest absolute Gasteiger partial charge is 0.309 e. The normalized spacial score (nSPS) is 14.7. The van der Waals surface area contributed by atoms with Crippen LogP contribution in [0.3, 0.4) is 0 Å². The number of fused-ring (bicyclic) bond motifs is 1. The van der Waals surface area contributed by atoms with Gasteiger partial charge in [0.05, 0.1) is 17.9 Å². The van der Waals surface area contributed by atoms with Crippen molar-refractivity contribution in [1.29, 1.82) is 0 Å². The molecule has 17 heavy (non-hydrogen) atoms. The van der Waals surface area contributed by atoms with Gasteiger partial charge in [-0.15, -0.1) is 0 Å². The Hall–Kier alpha value is -1.75. The molecule has 88 valence electrons. The van der Waals surface area contributed by atoms with E-state index in [1.807, 2.05) is 10.7 Å². The average molecular weight is 235 g/mol. The lowest BCUT2D eigenvalue weighted by Crippen LogP contribution is -2.28. The zero-order valence-electron chi connectivity index (χ0n) is 9.08. The molecule has 1 aromatic heterocycles. The lowest BCUT2D eigenvalue weighted by Gasteiger charge is -2.13. The standard InChI is InChI=1S/C12H11F2N3/c13-9-3-8(4-10(14)5-9)12-6-11-7-15-1-2-17(11)16-12/h3-6,15H,1-2,7H2. The summed E-state index contributed by atoms with van der Waals surface area (Å²) < 4.78 is 28.1. The molecule has 0 atom stereocenters. The van der Waals surface area contributed by atoms with Gasteiger partial charge < -0.3 is 5.32 Å². The van der Waals surface area contributed by atoms with E-state index in [0.29, 0.717) is 11.3 Å². The second-order valence-electron chi connectivity index (χ2n) is 4.08. The molecule has 1 aliphatic rings. The first-order chi connectivity index (χ1) is 8.22. The van der Waals surface area contributed by atoms with Crippen LogP contribution in [0.2, 0.25) is 0 Å². The van der Waals surface area contributed by atoms with E-state index < -0.39 is 11.6 Å². The number of nitrogens with zero attached hydrogens (tertiary/aromatic N) is 2. The fraction of sp³-hybridized carbons (Fsp3) is 0.250. The Morgan fingerprint density at radius 1 is 1.12 bits per heavy atom. The monoisotopic (exact) mass is 235 g/mol. The number of benzene rings is 1. The molecule has 0 saturated carbocycles. The summed E-state index contributed by atoms with van der Waals surface area (Å²) in [6.07, 6.45) is 0. The lowest BCUT2D eigenvalue weighted by atomic mass is 10.1. The van der Waals surface area contributed by atoms with Crippen molar-refractivity contribution < 1.29 is 8.78 Å². The Labute approximate surface area is 97.1 Å². The first-order valence-electron chi connectivity index (χ1n) is 5.46. The number of aromatic nitrogens is 2. The summed E-state index contributed by atoms with van der Waals surface area (Å²) in [4.78, 5) is 0. The highest BCUT2D eigenvalue weighted by atomic mass is 19.1. The minimum absolute atomic E-state index is 0.476. The number of hydrogen-bond donors (Lipinski definition) is 1. The smallest absolute Gasteiger partial charge is 0.126 e. The fourth-order valence-corrected chi connectivity index (χ4v) is 2.04. The quantitative estimate of drug-likeness (QED) is 0.818. The molecule has 3 rings (SSSR count). The second-order valence-corrected chi connectivity index (χ2v) is 4.08. The molecule has 3 nitrogen and oxygen atoms in total. The molecule has 1 N–H and O–H groups in total. The van der Waals surface area contributed by atoms with Gasteiger partial charge in [0, 0.05) is 24.7 Å². The zero-order valence-corrected chi connectivity index (χ0v) is 9.08. The molecule has 0 unspecified atom stereocenters. The first-order valence-corrected chi connectivity index (χ1v) is 5.46. The Kier molecular flexibility index (Phi) is 2.40. The molecule has 2 heterocycles. The van der Waals surface area contributed by atoms with Crippen molar-refractivity contribution in [2.45, 2.75) is 13.1 Å². The summed E-state index contributed by atoms with van der Waals surface area (Å²) in [5.74, 6) is -1.16. The van der Waals surface area contributed by atoms with Crippen LogP contribution >= 0.6 is 0 Å². The maximum absolute atomic E-state index is 13.1. The number of nitrogens with one attached hydrogen (secondary N) is 1. The minimum Gasteiger partial charge on any atom is -0.309 e. The van der Waals surface area contributed by atoms with Crippen molar-refractivity contribution in [2.24, 2.45) is 0 Å².